The molecule has 1 fully saturated rings. The van der Waals surface area contributed by atoms with Crippen molar-refractivity contribution in [3.63, 3.8) is 0 Å². The van der Waals surface area contributed by atoms with Crippen molar-refractivity contribution in [2.75, 3.05) is 13.7 Å². The smallest absolute Gasteiger partial charge is 0.276 e. The van der Waals surface area contributed by atoms with Crippen molar-refractivity contribution in [3.8, 4) is 11.5 Å². The van der Waals surface area contributed by atoms with Gasteiger partial charge in [0.2, 0.25) is 0 Å². The molecule has 0 unspecified atom stereocenters. The molecule has 6 heteroatoms. The first-order chi connectivity index (χ1) is 12.6. The summed E-state index contributed by atoms with van der Waals surface area (Å²) in [5, 5.41) is 3.31. The molecule has 0 atom stereocenters. The molecule has 0 bridgehead atoms. The third-order valence-electron chi connectivity index (χ3n) is 3.90. The Balaban J connectivity index is 1.80. The third-order valence-corrected chi connectivity index (χ3v) is 4.27. The first-order valence-corrected chi connectivity index (χ1v) is 8.73. The Hall–Kier alpha value is -2.86. The molecule has 3 rings (SSSR count). The lowest BCUT2D eigenvalue weighted by Gasteiger charge is -2.13. The highest BCUT2D eigenvalue weighted by atomic mass is 32.1. The molecule has 5 nitrogen and oxygen atoms in total. The quantitative estimate of drug-likeness (QED) is 0.626. The summed E-state index contributed by atoms with van der Waals surface area (Å²) >= 11 is 5.09. The van der Waals surface area contributed by atoms with E-state index in [0.717, 1.165) is 11.1 Å². The summed E-state index contributed by atoms with van der Waals surface area (Å²) in [6.07, 6.45) is 1.75. The van der Waals surface area contributed by atoms with Gasteiger partial charge in [0.25, 0.3) is 5.91 Å². The van der Waals surface area contributed by atoms with Crippen LogP contribution in [-0.2, 0) is 11.4 Å². The Labute approximate surface area is 158 Å². The highest BCUT2D eigenvalue weighted by molar-refractivity contribution is 7.80. The monoisotopic (exact) mass is 368 g/mol. The van der Waals surface area contributed by atoms with E-state index in [1.165, 1.54) is 4.90 Å². The van der Waals surface area contributed by atoms with E-state index in [-0.39, 0.29) is 5.91 Å². The molecular weight excluding hydrogens is 348 g/mol. The molecule has 1 heterocycles. The van der Waals surface area contributed by atoms with E-state index >= 15 is 0 Å². The van der Waals surface area contributed by atoms with Gasteiger partial charge in [0, 0.05) is 7.05 Å². The second-order valence-electron chi connectivity index (χ2n) is 5.77. The van der Waals surface area contributed by atoms with Gasteiger partial charge in [-0.15, -0.1) is 0 Å². The maximum atomic E-state index is 12.1. The van der Waals surface area contributed by atoms with Crippen LogP contribution < -0.4 is 14.8 Å². The normalized spacial score (nSPS) is 15.3. The number of carbonyl (C=O) groups is 1. The average molecular weight is 368 g/mol. The van der Waals surface area contributed by atoms with Gasteiger partial charge in [0.15, 0.2) is 16.6 Å². The molecule has 26 heavy (non-hydrogen) atoms. The zero-order valence-electron chi connectivity index (χ0n) is 14.7. The van der Waals surface area contributed by atoms with E-state index in [1.54, 1.807) is 13.1 Å². The molecule has 1 saturated heterocycles. The van der Waals surface area contributed by atoms with Crippen LogP contribution in [0.4, 0.5) is 0 Å². The van der Waals surface area contributed by atoms with E-state index in [2.05, 4.69) is 5.32 Å². The first kappa shape index (κ1) is 17.9. The van der Waals surface area contributed by atoms with Gasteiger partial charge in [-0.05, 0) is 48.5 Å². The molecule has 134 valence electrons. The zero-order chi connectivity index (χ0) is 18.5. The fraction of sp³-hybridized carbons (Fsp3) is 0.200. The van der Waals surface area contributed by atoms with Crippen LogP contribution in [-0.4, -0.2) is 29.6 Å². The summed E-state index contributed by atoms with van der Waals surface area (Å²) in [5.74, 6) is 1.15. The molecule has 0 radical (unpaired) electrons. The second-order valence-corrected chi connectivity index (χ2v) is 6.15. The van der Waals surface area contributed by atoms with Crippen molar-refractivity contribution in [2.24, 2.45) is 0 Å². The van der Waals surface area contributed by atoms with Crippen LogP contribution in [0.5, 0.6) is 11.5 Å². The van der Waals surface area contributed by atoms with Gasteiger partial charge >= 0.3 is 0 Å². The predicted octanol–water partition coefficient (Wildman–Crippen LogP) is 3.35. The number of rotatable bonds is 6. The molecule has 1 N–H and O–H groups in total. The summed E-state index contributed by atoms with van der Waals surface area (Å²) in [7, 11) is 1.64. The van der Waals surface area contributed by atoms with E-state index in [0.29, 0.717) is 35.5 Å². The second kappa shape index (κ2) is 8.01. The lowest BCUT2D eigenvalue weighted by molar-refractivity contribution is -0.121. The minimum absolute atomic E-state index is 0.155. The Morgan fingerprint density at radius 2 is 1.88 bits per heavy atom. The number of carbonyl (C=O) groups excluding carboxylic acids is 1. The number of nitrogens with zero attached hydrogens (tertiary/aromatic N) is 1. The van der Waals surface area contributed by atoms with E-state index in [1.807, 2.05) is 55.5 Å². The van der Waals surface area contributed by atoms with Gasteiger partial charge in [0.05, 0.1) is 6.61 Å². The SMILES string of the molecule is CCOc1cc(/C=C2\NC(=S)N(C)C2=O)ccc1OCc1ccccc1. The van der Waals surface area contributed by atoms with Gasteiger partial charge < -0.3 is 14.8 Å². The van der Waals surface area contributed by atoms with Crippen molar-refractivity contribution in [1.82, 2.24) is 10.2 Å². The Morgan fingerprint density at radius 1 is 1.12 bits per heavy atom. The average Bonchev–Trinajstić information content (AvgIpc) is 2.89. The molecule has 2 aromatic rings. The molecule has 0 saturated carbocycles. The molecule has 1 amide bonds. The van der Waals surface area contributed by atoms with Crippen molar-refractivity contribution < 1.29 is 14.3 Å². The molecule has 1 aliphatic heterocycles. The fourth-order valence-corrected chi connectivity index (χ4v) is 2.72. The van der Waals surface area contributed by atoms with Crippen LogP contribution in [0.2, 0.25) is 0 Å². The summed E-state index contributed by atoms with van der Waals surface area (Å²) in [4.78, 5) is 13.5. The summed E-state index contributed by atoms with van der Waals surface area (Å²) in [6.45, 7) is 2.90. The predicted molar refractivity (Wildman–Crippen MR) is 105 cm³/mol. The number of hydrogen-bond acceptors (Lipinski definition) is 4. The third kappa shape index (κ3) is 4.03. The summed E-state index contributed by atoms with van der Waals surface area (Å²) < 4.78 is 11.6. The summed E-state index contributed by atoms with van der Waals surface area (Å²) in [6, 6.07) is 15.5. The van der Waals surface area contributed by atoms with Crippen LogP contribution in [0.1, 0.15) is 18.1 Å². The van der Waals surface area contributed by atoms with Crippen LogP contribution in [0, 0.1) is 0 Å². The number of ether oxygens (including phenoxy) is 2. The number of amides is 1. The van der Waals surface area contributed by atoms with Gasteiger partial charge in [0.1, 0.15) is 12.3 Å². The Bertz CT molecular complexity index is 849. The summed E-state index contributed by atoms with van der Waals surface area (Å²) in [5.41, 5.74) is 2.35. The Morgan fingerprint density at radius 3 is 2.54 bits per heavy atom. The first-order valence-electron chi connectivity index (χ1n) is 8.33. The maximum Gasteiger partial charge on any atom is 0.276 e. The molecule has 2 aromatic carbocycles. The largest absolute Gasteiger partial charge is 0.490 e. The van der Waals surface area contributed by atoms with Crippen LogP contribution in [0.3, 0.4) is 0 Å². The number of hydrogen-bond donors (Lipinski definition) is 1. The van der Waals surface area contributed by atoms with Crippen LogP contribution in [0.25, 0.3) is 6.08 Å². The van der Waals surface area contributed by atoms with E-state index < -0.39 is 0 Å². The minimum Gasteiger partial charge on any atom is -0.490 e. The van der Waals surface area contributed by atoms with Crippen LogP contribution in [0.15, 0.2) is 54.2 Å². The number of nitrogens with one attached hydrogen (secondary N) is 1. The molecular formula is C20H20N2O3S. The lowest BCUT2D eigenvalue weighted by atomic mass is 10.1. The Kier molecular flexibility index (Phi) is 5.53. The number of likely N-dealkylation sites (N-methyl/N-ethyl adjacent to an activating group) is 1. The highest BCUT2D eigenvalue weighted by Crippen LogP contribution is 2.30. The fourth-order valence-electron chi connectivity index (χ4n) is 2.53. The molecule has 0 aliphatic carbocycles. The van der Waals surface area contributed by atoms with Crippen molar-refractivity contribution in [1.29, 1.82) is 0 Å². The molecule has 0 spiro atoms. The molecule has 0 aromatic heterocycles. The zero-order valence-corrected chi connectivity index (χ0v) is 15.5. The standard InChI is InChI=1S/C20H20N2O3S/c1-3-24-18-12-15(11-16-19(23)22(2)20(26)21-16)9-10-17(18)25-13-14-7-5-4-6-8-14/h4-12H,3,13H2,1-2H3,(H,21,26)/b16-11-. The molecule has 1 aliphatic rings. The lowest BCUT2D eigenvalue weighted by Crippen LogP contribution is -2.25. The van der Waals surface area contributed by atoms with Gasteiger partial charge in [-0.2, -0.15) is 0 Å². The van der Waals surface area contributed by atoms with Gasteiger partial charge in [-0.3, -0.25) is 9.69 Å². The van der Waals surface area contributed by atoms with E-state index in [4.69, 9.17) is 21.7 Å². The maximum absolute atomic E-state index is 12.1. The minimum atomic E-state index is -0.155. The van der Waals surface area contributed by atoms with Gasteiger partial charge in [-0.25, -0.2) is 0 Å². The number of thiocarbonyl (C=S) groups is 1. The van der Waals surface area contributed by atoms with Crippen LogP contribution >= 0.6 is 12.2 Å². The van der Waals surface area contributed by atoms with Crippen molar-refractivity contribution >= 4 is 29.3 Å². The highest BCUT2D eigenvalue weighted by Gasteiger charge is 2.26. The van der Waals surface area contributed by atoms with Crippen molar-refractivity contribution in [2.45, 2.75) is 13.5 Å². The van der Waals surface area contributed by atoms with Crippen molar-refractivity contribution in [3.05, 3.63) is 65.4 Å². The number of benzene rings is 2. The topological polar surface area (TPSA) is 50.8 Å². The van der Waals surface area contributed by atoms with Gasteiger partial charge in [-0.1, -0.05) is 36.4 Å². The van der Waals surface area contributed by atoms with E-state index in [9.17, 15) is 4.79 Å².